The van der Waals surface area contributed by atoms with E-state index in [9.17, 15) is 4.79 Å². The van der Waals surface area contributed by atoms with E-state index in [4.69, 9.17) is 11.6 Å². The Hall–Kier alpha value is -1.30. The van der Waals surface area contributed by atoms with Crippen LogP contribution in [0.4, 0.5) is 5.69 Å². The van der Waals surface area contributed by atoms with Crippen molar-refractivity contribution < 1.29 is 4.79 Å². The largest absolute Gasteiger partial charge is 0.286 e. The highest BCUT2D eigenvalue weighted by molar-refractivity contribution is 9.10. The number of rotatable bonds is 2. The van der Waals surface area contributed by atoms with Gasteiger partial charge in [-0.1, -0.05) is 51.4 Å². The molecule has 3 rings (SSSR count). The van der Waals surface area contributed by atoms with E-state index < -0.39 is 0 Å². The summed E-state index contributed by atoms with van der Waals surface area (Å²) in [5, 5.41) is 1.40. The molecule has 0 atom stereocenters. The Labute approximate surface area is 152 Å². The third-order valence-corrected chi connectivity index (χ3v) is 5.41. The van der Waals surface area contributed by atoms with Gasteiger partial charge in [0, 0.05) is 27.4 Å². The second-order valence-corrected chi connectivity index (χ2v) is 7.48. The minimum Gasteiger partial charge on any atom is -0.286 e. The van der Waals surface area contributed by atoms with Crippen LogP contribution in [0.25, 0.3) is 0 Å². The number of amides is 1. The molecule has 0 aromatic heterocycles. The number of carbonyl (C=O) groups excluding carboxylic acids is 1. The smallest absolute Gasteiger partial charge is 0.259 e. The van der Waals surface area contributed by atoms with Crippen LogP contribution in [0.1, 0.15) is 15.9 Å². The molecule has 1 fully saturated rings. The molecular weight excluding hydrogens is 396 g/mol. The molecule has 2 aromatic carbocycles. The summed E-state index contributed by atoms with van der Waals surface area (Å²) in [6, 6.07) is 13.0. The van der Waals surface area contributed by atoms with Gasteiger partial charge >= 0.3 is 0 Å². The Kier molecular flexibility index (Phi) is 5.09. The molecule has 1 aliphatic rings. The lowest BCUT2D eigenvalue weighted by molar-refractivity contribution is 0.0859. The summed E-state index contributed by atoms with van der Waals surface area (Å²) in [7, 11) is 0. The first-order chi connectivity index (χ1) is 11.1. The van der Waals surface area contributed by atoms with Crippen molar-refractivity contribution >= 4 is 56.1 Å². The van der Waals surface area contributed by atoms with Crippen molar-refractivity contribution in [3.05, 3.63) is 63.1 Å². The third-order valence-electron chi connectivity index (χ3n) is 3.55. The highest BCUT2D eigenvalue weighted by Crippen LogP contribution is 2.29. The molecule has 3 nitrogen and oxygen atoms in total. The summed E-state index contributed by atoms with van der Waals surface area (Å²) < 4.78 is 0.888. The lowest BCUT2D eigenvalue weighted by Crippen LogP contribution is -2.31. The van der Waals surface area contributed by atoms with E-state index in [1.165, 1.54) is 0 Å². The first-order valence-electron chi connectivity index (χ1n) is 7.10. The average molecular weight is 410 g/mol. The highest BCUT2D eigenvalue weighted by atomic mass is 79.9. The predicted molar refractivity (Wildman–Crippen MR) is 101 cm³/mol. The minimum atomic E-state index is -0.0327. The third kappa shape index (κ3) is 3.62. The van der Waals surface area contributed by atoms with Crippen molar-refractivity contribution in [3.8, 4) is 0 Å². The zero-order chi connectivity index (χ0) is 16.4. The van der Waals surface area contributed by atoms with Crippen molar-refractivity contribution in [2.45, 2.75) is 6.92 Å². The van der Waals surface area contributed by atoms with Gasteiger partial charge in [-0.15, -0.1) is 0 Å². The average Bonchev–Trinajstić information content (AvgIpc) is 2.99. The number of hydrogen-bond acceptors (Lipinski definition) is 3. The molecular formula is C17H14BrClN2OS. The first kappa shape index (κ1) is 16.6. The van der Waals surface area contributed by atoms with E-state index >= 15 is 0 Å². The van der Waals surface area contributed by atoms with Crippen LogP contribution in [-0.2, 0) is 0 Å². The van der Waals surface area contributed by atoms with E-state index in [1.54, 1.807) is 16.7 Å². The van der Waals surface area contributed by atoms with Crippen LogP contribution in [0.2, 0.25) is 5.02 Å². The molecule has 0 N–H and O–H groups in total. The Morgan fingerprint density at radius 1 is 1.30 bits per heavy atom. The summed E-state index contributed by atoms with van der Waals surface area (Å²) in [6.45, 7) is 2.59. The first-order valence-corrected chi connectivity index (χ1v) is 9.26. The molecule has 6 heteroatoms. The standard InChI is InChI=1S/C17H14BrClN2OS/c1-11-14(19)6-3-7-15(11)20-17-21(8-9-23-17)16(22)12-4-2-5-13(18)10-12/h2-7,10H,8-9H2,1H3. The van der Waals surface area contributed by atoms with Gasteiger partial charge in [0.1, 0.15) is 0 Å². The minimum absolute atomic E-state index is 0.0327. The fraction of sp³-hybridized carbons (Fsp3) is 0.176. The van der Waals surface area contributed by atoms with Gasteiger partial charge in [-0.05, 0) is 42.8 Å². The number of thioether (sulfide) groups is 1. The number of carbonyl (C=O) groups is 1. The Morgan fingerprint density at radius 2 is 2.09 bits per heavy atom. The quantitative estimate of drug-likeness (QED) is 0.675. The maximum absolute atomic E-state index is 12.7. The zero-order valence-corrected chi connectivity index (χ0v) is 15.6. The lowest BCUT2D eigenvalue weighted by atomic mass is 10.2. The molecule has 1 aliphatic heterocycles. The number of nitrogens with zero attached hydrogens (tertiary/aromatic N) is 2. The van der Waals surface area contributed by atoms with Gasteiger partial charge in [-0.25, -0.2) is 4.99 Å². The SMILES string of the molecule is Cc1c(Cl)cccc1N=C1SCCN1C(=O)c1cccc(Br)c1. The van der Waals surface area contributed by atoms with Crippen LogP contribution in [-0.4, -0.2) is 28.3 Å². The number of hydrogen-bond donors (Lipinski definition) is 0. The summed E-state index contributed by atoms with van der Waals surface area (Å²) in [5.41, 5.74) is 2.37. The van der Waals surface area contributed by atoms with Crippen molar-refractivity contribution in [2.24, 2.45) is 4.99 Å². The molecule has 0 spiro atoms. The highest BCUT2D eigenvalue weighted by Gasteiger charge is 2.27. The fourth-order valence-corrected chi connectivity index (χ4v) is 3.80. The maximum Gasteiger partial charge on any atom is 0.259 e. The van der Waals surface area contributed by atoms with E-state index in [0.29, 0.717) is 17.1 Å². The lowest BCUT2D eigenvalue weighted by Gasteiger charge is -2.16. The van der Waals surface area contributed by atoms with Gasteiger partial charge in [0.05, 0.1) is 5.69 Å². The molecule has 118 valence electrons. The Bertz CT molecular complexity index is 794. The summed E-state index contributed by atoms with van der Waals surface area (Å²) in [6.07, 6.45) is 0. The van der Waals surface area contributed by atoms with E-state index in [0.717, 1.165) is 26.6 Å². The predicted octanol–water partition coefficient (Wildman–Crippen LogP) is 5.29. The second-order valence-electron chi connectivity index (χ2n) is 5.09. The van der Waals surface area contributed by atoms with E-state index in [2.05, 4.69) is 20.9 Å². The van der Waals surface area contributed by atoms with Gasteiger partial charge < -0.3 is 0 Å². The van der Waals surface area contributed by atoms with Gasteiger partial charge in [0.25, 0.3) is 5.91 Å². The molecule has 0 saturated carbocycles. The molecule has 0 radical (unpaired) electrons. The maximum atomic E-state index is 12.7. The molecule has 23 heavy (non-hydrogen) atoms. The zero-order valence-electron chi connectivity index (χ0n) is 12.4. The van der Waals surface area contributed by atoms with Crippen LogP contribution >= 0.6 is 39.3 Å². The van der Waals surface area contributed by atoms with Gasteiger partial charge in [-0.3, -0.25) is 9.69 Å². The number of amidine groups is 1. The monoisotopic (exact) mass is 408 g/mol. The molecule has 1 amide bonds. The van der Waals surface area contributed by atoms with Gasteiger partial charge in [-0.2, -0.15) is 0 Å². The van der Waals surface area contributed by atoms with Crippen molar-refractivity contribution in [1.29, 1.82) is 0 Å². The Morgan fingerprint density at radius 3 is 2.87 bits per heavy atom. The second kappa shape index (κ2) is 7.07. The van der Waals surface area contributed by atoms with Crippen LogP contribution in [0.5, 0.6) is 0 Å². The van der Waals surface area contributed by atoms with E-state index in [-0.39, 0.29) is 5.91 Å². The van der Waals surface area contributed by atoms with Crippen LogP contribution in [0.3, 0.4) is 0 Å². The molecule has 1 saturated heterocycles. The molecule has 1 heterocycles. The van der Waals surface area contributed by atoms with Crippen molar-refractivity contribution in [1.82, 2.24) is 4.90 Å². The molecule has 0 unspecified atom stereocenters. The van der Waals surface area contributed by atoms with Crippen LogP contribution < -0.4 is 0 Å². The summed E-state index contributed by atoms with van der Waals surface area (Å²) >= 11 is 11.1. The topological polar surface area (TPSA) is 32.7 Å². The normalized spacial score (nSPS) is 16.1. The molecule has 0 aliphatic carbocycles. The fourth-order valence-electron chi connectivity index (χ4n) is 2.28. The Balaban J connectivity index is 1.92. The van der Waals surface area contributed by atoms with E-state index in [1.807, 2.05) is 49.4 Å². The van der Waals surface area contributed by atoms with Gasteiger partial charge in [0.2, 0.25) is 0 Å². The molecule has 0 bridgehead atoms. The van der Waals surface area contributed by atoms with Crippen LogP contribution in [0, 0.1) is 6.92 Å². The van der Waals surface area contributed by atoms with Crippen molar-refractivity contribution in [3.63, 3.8) is 0 Å². The number of aliphatic imine (C=N–C) groups is 1. The van der Waals surface area contributed by atoms with Crippen LogP contribution in [0.15, 0.2) is 51.9 Å². The van der Waals surface area contributed by atoms with Gasteiger partial charge in [0.15, 0.2) is 5.17 Å². The number of halogens is 2. The summed E-state index contributed by atoms with van der Waals surface area (Å²) in [4.78, 5) is 19.1. The molecule has 2 aromatic rings. The van der Waals surface area contributed by atoms with Crippen molar-refractivity contribution in [2.75, 3.05) is 12.3 Å². The number of benzene rings is 2. The summed E-state index contributed by atoms with van der Waals surface area (Å²) in [5.74, 6) is 0.813.